The number of amides is 2. The third-order valence-corrected chi connectivity index (χ3v) is 6.19. The van der Waals surface area contributed by atoms with Crippen molar-refractivity contribution < 1.29 is 14.0 Å². The third kappa shape index (κ3) is 5.97. The Hall–Kier alpha value is -2.09. The molecule has 1 aromatic heterocycles. The van der Waals surface area contributed by atoms with Crippen molar-refractivity contribution >= 4 is 57.8 Å². The van der Waals surface area contributed by atoms with Gasteiger partial charge in [-0.05, 0) is 42.8 Å². The van der Waals surface area contributed by atoms with Gasteiger partial charge in [0.2, 0.25) is 5.91 Å². The fourth-order valence-corrected chi connectivity index (χ4v) is 4.31. The molecule has 0 atom stereocenters. The van der Waals surface area contributed by atoms with Crippen LogP contribution in [0, 0.1) is 0 Å². The van der Waals surface area contributed by atoms with Crippen molar-refractivity contribution in [2.24, 2.45) is 0 Å². The molecule has 0 unspecified atom stereocenters. The molecule has 3 rings (SSSR count). The highest BCUT2D eigenvalue weighted by Gasteiger charge is 2.33. The first-order valence-electron chi connectivity index (χ1n) is 9.85. The highest BCUT2D eigenvalue weighted by molar-refractivity contribution is 8.26. The van der Waals surface area contributed by atoms with E-state index in [1.54, 1.807) is 24.3 Å². The number of nitrogens with one attached hydrogen (secondary N) is 1. The molecule has 0 radical (unpaired) electrons. The standard InChI is InChI=1S/C22H23ClN2O3S2/c1-2-3-4-5-12-24-20(26)14-25-21(27)19(30-22(25)29)13-17-10-11-18(28-17)15-6-8-16(23)9-7-15/h6-11,13H,2-5,12,14H2,1H3,(H,24,26)/b19-13-. The Morgan fingerprint density at radius 2 is 1.97 bits per heavy atom. The average Bonchev–Trinajstić information content (AvgIpc) is 3.29. The molecule has 2 heterocycles. The number of thioether (sulfide) groups is 1. The van der Waals surface area contributed by atoms with Gasteiger partial charge in [0.15, 0.2) is 0 Å². The number of rotatable bonds is 9. The van der Waals surface area contributed by atoms with Crippen LogP contribution in [-0.2, 0) is 9.59 Å². The summed E-state index contributed by atoms with van der Waals surface area (Å²) in [5.41, 5.74) is 0.891. The zero-order chi connectivity index (χ0) is 21.5. The summed E-state index contributed by atoms with van der Waals surface area (Å²) < 4.78 is 6.20. The topological polar surface area (TPSA) is 62.6 Å². The fraction of sp³-hybridized carbons (Fsp3) is 0.318. The molecule has 1 saturated heterocycles. The predicted octanol–water partition coefficient (Wildman–Crippen LogP) is 5.50. The van der Waals surface area contributed by atoms with Crippen LogP contribution in [0.4, 0.5) is 0 Å². The van der Waals surface area contributed by atoms with Crippen LogP contribution in [-0.4, -0.2) is 34.1 Å². The molecule has 8 heteroatoms. The first-order chi connectivity index (χ1) is 14.5. The van der Waals surface area contributed by atoms with E-state index in [1.807, 2.05) is 18.2 Å². The molecule has 2 amide bonds. The van der Waals surface area contributed by atoms with E-state index in [9.17, 15) is 9.59 Å². The largest absolute Gasteiger partial charge is 0.457 e. The van der Waals surface area contributed by atoms with Gasteiger partial charge in [-0.1, -0.05) is 61.8 Å². The average molecular weight is 463 g/mol. The Kier molecular flexibility index (Phi) is 8.13. The van der Waals surface area contributed by atoms with Gasteiger partial charge in [0.05, 0.1) is 4.91 Å². The van der Waals surface area contributed by atoms with E-state index in [1.165, 1.54) is 16.7 Å². The summed E-state index contributed by atoms with van der Waals surface area (Å²) in [4.78, 5) is 26.6. The molecule has 1 N–H and O–H groups in total. The second kappa shape index (κ2) is 10.8. The number of furan rings is 1. The van der Waals surface area contributed by atoms with E-state index in [2.05, 4.69) is 12.2 Å². The Balaban J connectivity index is 1.59. The highest BCUT2D eigenvalue weighted by Crippen LogP contribution is 2.33. The number of halogens is 1. The molecule has 30 heavy (non-hydrogen) atoms. The molecular formula is C22H23ClN2O3S2. The van der Waals surface area contributed by atoms with Gasteiger partial charge in [0.1, 0.15) is 22.4 Å². The first-order valence-corrected chi connectivity index (χ1v) is 11.5. The van der Waals surface area contributed by atoms with Crippen molar-refractivity contribution in [3.8, 4) is 11.3 Å². The number of carbonyl (C=O) groups is 2. The molecule has 1 aliphatic rings. The lowest BCUT2D eigenvalue weighted by Crippen LogP contribution is -2.39. The molecule has 158 valence electrons. The van der Waals surface area contributed by atoms with Gasteiger partial charge in [-0.15, -0.1) is 0 Å². The summed E-state index contributed by atoms with van der Waals surface area (Å²) >= 11 is 12.4. The van der Waals surface area contributed by atoms with Crippen LogP contribution in [0.5, 0.6) is 0 Å². The predicted molar refractivity (Wildman–Crippen MR) is 126 cm³/mol. The van der Waals surface area contributed by atoms with E-state index in [-0.39, 0.29) is 18.4 Å². The van der Waals surface area contributed by atoms with E-state index >= 15 is 0 Å². The quantitative estimate of drug-likeness (QED) is 0.303. The van der Waals surface area contributed by atoms with Crippen LogP contribution in [0.25, 0.3) is 17.4 Å². The maximum Gasteiger partial charge on any atom is 0.266 e. The van der Waals surface area contributed by atoms with E-state index in [0.29, 0.717) is 32.3 Å². The summed E-state index contributed by atoms with van der Waals surface area (Å²) in [5.74, 6) is 0.735. The van der Waals surface area contributed by atoms with Crippen molar-refractivity contribution in [3.05, 3.63) is 52.1 Å². The summed E-state index contributed by atoms with van der Waals surface area (Å²) in [6, 6.07) is 10.9. The maximum absolute atomic E-state index is 12.7. The normalized spacial score (nSPS) is 15.3. The van der Waals surface area contributed by atoms with Crippen molar-refractivity contribution in [3.63, 3.8) is 0 Å². The zero-order valence-corrected chi connectivity index (χ0v) is 19.0. The fourth-order valence-electron chi connectivity index (χ4n) is 2.94. The number of thiocarbonyl (C=S) groups is 1. The van der Waals surface area contributed by atoms with Gasteiger partial charge in [-0.25, -0.2) is 0 Å². The number of hydrogen-bond donors (Lipinski definition) is 1. The summed E-state index contributed by atoms with van der Waals surface area (Å²) in [5, 5.41) is 3.50. The summed E-state index contributed by atoms with van der Waals surface area (Å²) in [6.07, 6.45) is 5.98. The monoisotopic (exact) mass is 462 g/mol. The van der Waals surface area contributed by atoms with Crippen LogP contribution in [0.2, 0.25) is 5.02 Å². The van der Waals surface area contributed by atoms with E-state index < -0.39 is 0 Å². The van der Waals surface area contributed by atoms with Crippen molar-refractivity contribution in [1.82, 2.24) is 10.2 Å². The minimum atomic E-state index is -0.282. The molecule has 0 bridgehead atoms. The van der Waals surface area contributed by atoms with Gasteiger partial charge in [0.25, 0.3) is 5.91 Å². The molecular weight excluding hydrogens is 440 g/mol. The van der Waals surface area contributed by atoms with Gasteiger partial charge in [-0.3, -0.25) is 14.5 Å². The number of hydrogen-bond acceptors (Lipinski definition) is 5. The maximum atomic E-state index is 12.7. The second-order valence-corrected chi connectivity index (χ2v) is 9.00. The Morgan fingerprint density at radius 1 is 1.20 bits per heavy atom. The van der Waals surface area contributed by atoms with Crippen molar-refractivity contribution in [2.75, 3.05) is 13.1 Å². The number of carbonyl (C=O) groups excluding carboxylic acids is 2. The number of benzene rings is 1. The second-order valence-electron chi connectivity index (χ2n) is 6.89. The van der Waals surface area contributed by atoms with Crippen LogP contribution >= 0.6 is 35.6 Å². The number of unbranched alkanes of at least 4 members (excludes halogenated alkanes) is 3. The Bertz CT molecular complexity index is 954. The highest BCUT2D eigenvalue weighted by atomic mass is 35.5. The zero-order valence-electron chi connectivity index (χ0n) is 16.7. The number of nitrogens with zero attached hydrogens (tertiary/aromatic N) is 1. The lowest BCUT2D eigenvalue weighted by molar-refractivity contribution is -0.128. The smallest absolute Gasteiger partial charge is 0.266 e. The lowest BCUT2D eigenvalue weighted by atomic mass is 10.2. The van der Waals surface area contributed by atoms with Gasteiger partial charge in [0, 0.05) is 23.2 Å². The Morgan fingerprint density at radius 3 is 2.70 bits per heavy atom. The van der Waals surface area contributed by atoms with Gasteiger partial charge in [-0.2, -0.15) is 0 Å². The van der Waals surface area contributed by atoms with E-state index in [4.69, 9.17) is 28.2 Å². The minimum Gasteiger partial charge on any atom is -0.457 e. The van der Waals surface area contributed by atoms with Crippen LogP contribution in [0.3, 0.4) is 0 Å². The molecule has 0 spiro atoms. The molecule has 2 aromatic rings. The van der Waals surface area contributed by atoms with Crippen molar-refractivity contribution in [1.29, 1.82) is 0 Å². The molecule has 1 aromatic carbocycles. The van der Waals surface area contributed by atoms with Gasteiger partial charge >= 0.3 is 0 Å². The lowest BCUT2D eigenvalue weighted by Gasteiger charge is -2.14. The summed E-state index contributed by atoms with van der Waals surface area (Å²) in [7, 11) is 0. The Labute approximate surface area is 190 Å². The van der Waals surface area contributed by atoms with Crippen molar-refractivity contribution in [2.45, 2.75) is 32.6 Å². The van der Waals surface area contributed by atoms with Gasteiger partial charge < -0.3 is 9.73 Å². The molecule has 0 saturated carbocycles. The van der Waals surface area contributed by atoms with Crippen LogP contribution in [0.1, 0.15) is 38.4 Å². The third-order valence-electron chi connectivity index (χ3n) is 4.56. The summed E-state index contributed by atoms with van der Waals surface area (Å²) in [6.45, 7) is 2.69. The SMILES string of the molecule is CCCCCCNC(=O)CN1C(=O)/C(=C/c2ccc(-c3ccc(Cl)cc3)o2)SC1=S. The molecule has 0 aliphatic carbocycles. The van der Waals surface area contributed by atoms with Crippen LogP contribution in [0.15, 0.2) is 45.7 Å². The minimum absolute atomic E-state index is 0.0655. The van der Waals surface area contributed by atoms with Crippen LogP contribution < -0.4 is 5.32 Å². The first kappa shape index (κ1) is 22.6. The van der Waals surface area contributed by atoms with E-state index in [0.717, 1.165) is 31.2 Å². The molecule has 1 aliphatic heterocycles. The molecule has 1 fully saturated rings. The molecule has 5 nitrogen and oxygen atoms in total.